The third-order valence-electron chi connectivity index (χ3n) is 2.92. The van der Waals surface area contributed by atoms with Crippen LogP contribution in [0.4, 0.5) is 5.69 Å². The summed E-state index contributed by atoms with van der Waals surface area (Å²) in [6.07, 6.45) is 0. The van der Waals surface area contributed by atoms with Gasteiger partial charge in [-0.1, -0.05) is 6.07 Å². The van der Waals surface area contributed by atoms with Gasteiger partial charge in [-0.05, 0) is 30.5 Å². The number of nitro benzene ring substituents is 1. The van der Waals surface area contributed by atoms with E-state index in [2.05, 4.69) is 0 Å². The van der Waals surface area contributed by atoms with Crippen molar-refractivity contribution in [1.29, 1.82) is 0 Å². The standard InChI is InChI=1S/C14H14N2O3S/c1-2-15(10-13-4-3-9-20-13)14(17)11-5-7-12(8-6-11)16(18)19/h3-9H,2,10H2,1H3. The van der Waals surface area contributed by atoms with Gasteiger partial charge in [-0.3, -0.25) is 14.9 Å². The molecule has 0 aliphatic carbocycles. The molecule has 6 heteroatoms. The summed E-state index contributed by atoms with van der Waals surface area (Å²) in [5.41, 5.74) is 0.455. The molecule has 0 fully saturated rings. The second-order valence-electron chi connectivity index (χ2n) is 4.20. The SMILES string of the molecule is CCN(Cc1cccs1)C(=O)c1ccc([N+](=O)[O-])cc1. The Morgan fingerprint density at radius 2 is 2.00 bits per heavy atom. The summed E-state index contributed by atoms with van der Waals surface area (Å²) < 4.78 is 0. The van der Waals surface area contributed by atoms with Crippen molar-refractivity contribution in [3.63, 3.8) is 0 Å². The highest BCUT2D eigenvalue weighted by Crippen LogP contribution is 2.16. The summed E-state index contributed by atoms with van der Waals surface area (Å²) >= 11 is 1.60. The fourth-order valence-corrected chi connectivity index (χ4v) is 2.55. The monoisotopic (exact) mass is 290 g/mol. The number of thiophene rings is 1. The molecule has 0 saturated heterocycles. The largest absolute Gasteiger partial charge is 0.334 e. The van der Waals surface area contributed by atoms with Crippen molar-refractivity contribution in [1.82, 2.24) is 4.90 Å². The van der Waals surface area contributed by atoms with Crippen molar-refractivity contribution in [2.45, 2.75) is 13.5 Å². The highest BCUT2D eigenvalue weighted by Gasteiger charge is 2.16. The maximum Gasteiger partial charge on any atom is 0.269 e. The molecule has 2 rings (SSSR count). The molecule has 0 saturated carbocycles. The Hall–Kier alpha value is -2.21. The van der Waals surface area contributed by atoms with Crippen LogP contribution in [-0.2, 0) is 6.54 Å². The summed E-state index contributed by atoms with van der Waals surface area (Å²) in [4.78, 5) is 25.3. The van der Waals surface area contributed by atoms with Crippen molar-refractivity contribution in [3.8, 4) is 0 Å². The molecule has 1 aromatic carbocycles. The lowest BCUT2D eigenvalue weighted by Crippen LogP contribution is -2.29. The molecule has 20 heavy (non-hydrogen) atoms. The molecule has 0 spiro atoms. The van der Waals surface area contributed by atoms with E-state index in [1.165, 1.54) is 24.3 Å². The van der Waals surface area contributed by atoms with Crippen LogP contribution in [0.3, 0.4) is 0 Å². The second-order valence-corrected chi connectivity index (χ2v) is 5.23. The third kappa shape index (κ3) is 3.21. The lowest BCUT2D eigenvalue weighted by Gasteiger charge is -2.20. The summed E-state index contributed by atoms with van der Waals surface area (Å²) in [7, 11) is 0. The topological polar surface area (TPSA) is 63.5 Å². The Morgan fingerprint density at radius 3 is 2.50 bits per heavy atom. The van der Waals surface area contributed by atoms with E-state index in [1.807, 2.05) is 24.4 Å². The van der Waals surface area contributed by atoms with Gasteiger partial charge in [0.1, 0.15) is 0 Å². The number of carbonyl (C=O) groups excluding carboxylic acids is 1. The number of hydrogen-bond donors (Lipinski definition) is 0. The van der Waals surface area contributed by atoms with Gasteiger partial charge in [0.2, 0.25) is 0 Å². The first kappa shape index (κ1) is 14.2. The quantitative estimate of drug-likeness (QED) is 0.627. The van der Waals surface area contributed by atoms with E-state index >= 15 is 0 Å². The molecule has 2 aromatic rings. The van der Waals surface area contributed by atoms with Crippen molar-refractivity contribution in [2.75, 3.05) is 6.54 Å². The maximum atomic E-state index is 12.3. The molecule has 104 valence electrons. The number of benzene rings is 1. The first-order valence-corrected chi connectivity index (χ1v) is 7.06. The molecule has 1 heterocycles. The van der Waals surface area contributed by atoms with Gasteiger partial charge in [-0.15, -0.1) is 11.3 Å². The van der Waals surface area contributed by atoms with E-state index in [4.69, 9.17) is 0 Å². The fraction of sp³-hybridized carbons (Fsp3) is 0.214. The van der Waals surface area contributed by atoms with Gasteiger partial charge in [-0.25, -0.2) is 0 Å². The fourth-order valence-electron chi connectivity index (χ4n) is 1.83. The Balaban J connectivity index is 2.13. The number of hydrogen-bond acceptors (Lipinski definition) is 4. The molecule has 1 aromatic heterocycles. The molecular weight excluding hydrogens is 276 g/mol. The predicted molar refractivity (Wildman–Crippen MR) is 77.8 cm³/mol. The smallest absolute Gasteiger partial charge is 0.269 e. The number of nitro groups is 1. The normalized spacial score (nSPS) is 10.2. The first-order valence-electron chi connectivity index (χ1n) is 6.18. The molecule has 5 nitrogen and oxygen atoms in total. The van der Waals surface area contributed by atoms with E-state index in [9.17, 15) is 14.9 Å². The van der Waals surface area contributed by atoms with Crippen molar-refractivity contribution in [3.05, 3.63) is 62.3 Å². The van der Waals surface area contributed by atoms with Crippen molar-refractivity contribution >= 4 is 22.9 Å². The molecule has 0 N–H and O–H groups in total. The summed E-state index contributed by atoms with van der Waals surface area (Å²) in [5, 5.41) is 12.6. The minimum Gasteiger partial charge on any atom is -0.334 e. The maximum absolute atomic E-state index is 12.3. The van der Waals surface area contributed by atoms with Gasteiger partial charge in [0.15, 0.2) is 0 Å². The number of non-ortho nitro benzene ring substituents is 1. The molecule has 1 amide bonds. The number of carbonyl (C=O) groups is 1. The van der Waals surface area contributed by atoms with Crippen LogP contribution in [0.2, 0.25) is 0 Å². The zero-order valence-corrected chi connectivity index (χ0v) is 11.8. The van der Waals surface area contributed by atoms with Crippen molar-refractivity contribution in [2.24, 2.45) is 0 Å². The van der Waals surface area contributed by atoms with Gasteiger partial charge in [0, 0.05) is 29.1 Å². The van der Waals surface area contributed by atoms with E-state index in [0.29, 0.717) is 18.7 Å². The van der Waals surface area contributed by atoms with E-state index in [0.717, 1.165) is 4.88 Å². The molecule has 0 unspecified atom stereocenters. The van der Waals surface area contributed by atoms with Gasteiger partial charge < -0.3 is 4.90 Å². The van der Waals surface area contributed by atoms with E-state index < -0.39 is 4.92 Å². The number of nitrogens with zero attached hydrogens (tertiary/aromatic N) is 2. The van der Waals surface area contributed by atoms with Gasteiger partial charge >= 0.3 is 0 Å². The van der Waals surface area contributed by atoms with Crippen LogP contribution >= 0.6 is 11.3 Å². The number of rotatable bonds is 5. The Morgan fingerprint density at radius 1 is 1.30 bits per heavy atom. The van der Waals surface area contributed by atoms with Crippen LogP contribution in [0.1, 0.15) is 22.2 Å². The van der Waals surface area contributed by atoms with E-state index in [-0.39, 0.29) is 11.6 Å². The highest BCUT2D eigenvalue weighted by molar-refractivity contribution is 7.09. The van der Waals surface area contributed by atoms with E-state index in [1.54, 1.807) is 16.2 Å². The van der Waals surface area contributed by atoms with Gasteiger partial charge in [0.25, 0.3) is 11.6 Å². The minimum absolute atomic E-state index is 0.0112. The first-order chi connectivity index (χ1) is 9.61. The van der Waals surface area contributed by atoms with Crippen molar-refractivity contribution < 1.29 is 9.72 Å². The lowest BCUT2D eigenvalue weighted by atomic mass is 10.2. The Labute approximate surface area is 120 Å². The number of amides is 1. The molecule has 0 radical (unpaired) electrons. The highest BCUT2D eigenvalue weighted by atomic mass is 32.1. The molecule has 0 aliphatic rings. The average molecular weight is 290 g/mol. The summed E-state index contributed by atoms with van der Waals surface area (Å²) in [6.45, 7) is 3.06. The lowest BCUT2D eigenvalue weighted by molar-refractivity contribution is -0.384. The zero-order chi connectivity index (χ0) is 14.5. The van der Waals surface area contributed by atoms with Crippen LogP contribution in [0.25, 0.3) is 0 Å². The minimum atomic E-state index is -0.475. The van der Waals surface area contributed by atoms with Gasteiger partial charge in [0.05, 0.1) is 11.5 Å². The summed E-state index contributed by atoms with van der Waals surface area (Å²) in [5.74, 6) is -0.115. The Kier molecular flexibility index (Phi) is 4.47. The molecular formula is C14H14N2O3S. The van der Waals surface area contributed by atoms with Crippen LogP contribution in [-0.4, -0.2) is 22.3 Å². The second kappa shape index (κ2) is 6.29. The Bertz CT molecular complexity index is 593. The van der Waals surface area contributed by atoms with Crippen LogP contribution in [0.15, 0.2) is 41.8 Å². The molecule has 0 atom stereocenters. The van der Waals surface area contributed by atoms with Gasteiger partial charge in [-0.2, -0.15) is 0 Å². The van der Waals surface area contributed by atoms with Crippen LogP contribution in [0.5, 0.6) is 0 Å². The molecule has 0 aliphatic heterocycles. The average Bonchev–Trinajstić information content (AvgIpc) is 2.97. The third-order valence-corrected chi connectivity index (χ3v) is 3.78. The zero-order valence-electron chi connectivity index (χ0n) is 11.0. The molecule has 0 bridgehead atoms. The summed E-state index contributed by atoms with van der Waals surface area (Å²) in [6, 6.07) is 9.63. The van der Waals surface area contributed by atoms with Crippen LogP contribution < -0.4 is 0 Å². The van der Waals surface area contributed by atoms with Crippen LogP contribution in [0, 0.1) is 10.1 Å². The predicted octanol–water partition coefficient (Wildman–Crippen LogP) is 3.32.